The molecule has 0 saturated carbocycles. The first-order chi connectivity index (χ1) is 29.3. The fourth-order valence-electron chi connectivity index (χ4n) is 8.14. The molecule has 9 nitrogen and oxygen atoms in total. The van der Waals surface area contributed by atoms with Gasteiger partial charge in [-0.15, -0.1) is 0 Å². The molecule has 0 bridgehead atoms. The van der Waals surface area contributed by atoms with Crippen molar-refractivity contribution in [2.45, 2.75) is 281 Å². The zero-order chi connectivity index (χ0) is 43.7. The lowest BCUT2D eigenvalue weighted by molar-refractivity contribution is -0.302. The Balaban J connectivity index is 2.22. The minimum Gasteiger partial charge on any atom is -0.394 e. The summed E-state index contributed by atoms with van der Waals surface area (Å²) in [5.41, 5.74) is 0. The highest BCUT2D eigenvalue weighted by atomic mass is 16.7. The van der Waals surface area contributed by atoms with Crippen LogP contribution in [0, 0.1) is 0 Å². The van der Waals surface area contributed by atoms with Crippen LogP contribution in [0.1, 0.15) is 239 Å². The van der Waals surface area contributed by atoms with Crippen LogP contribution in [0.5, 0.6) is 0 Å². The average Bonchev–Trinajstić information content (AvgIpc) is 3.25. The molecule has 7 unspecified atom stereocenters. The number of hydrogen-bond acceptors (Lipinski definition) is 8. The van der Waals surface area contributed by atoms with Gasteiger partial charge in [-0.3, -0.25) is 4.79 Å². The quantitative estimate of drug-likeness (QED) is 0.0262. The van der Waals surface area contributed by atoms with E-state index in [1.165, 1.54) is 154 Å². The van der Waals surface area contributed by atoms with Gasteiger partial charge in [0, 0.05) is 6.42 Å². The lowest BCUT2D eigenvalue weighted by Crippen LogP contribution is -2.60. The molecule has 354 valence electrons. The molecule has 1 amide bonds. The van der Waals surface area contributed by atoms with Crippen molar-refractivity contribution in [1.29, 1.82) is 0 Å². The summed E-state index contributed by atoms with van der Waals surface area (Å²) < 4.78 is 11.2. The molecular formula is C51H97NO8. The van der Waals surface area contributed by atoms with Gasteiger partial charge in [0.25, 0.3) is 0 Å². The molecule has 0 aromatic heterocycles. The van der Waals surface area contributed by atoms with E-state index in [0.29, 0.717) is 6.42 Å². The van der Waals surface area contributed by atoms with Gasteiger partial charge in [-0.1, -0.05) is 218 Å². The van der Waals surface area contributed by atoms with E-state index in [9.17, 15) is 30.3 Å². The number of rotatable bonds is 43. The van der Waals surface area contributed by atoms with Gasteiger partial charge in [-0.05, 0) is 38.5 Å². The third-order valence-corrected chi connectivity index (χ3v) is 12.3. The number of aliphatic hydroxyl groups excluding tert-OH is 5. The summed E-state index contributed by atoms with van der Waals surface area (Å²) in [6, 6.07) is -0.806. The highest BCUT2D eigenvalue weighted by Gasteiger charge is 2.44. The number of hydrogen-bond donors (Lipinski definition) is 6. The molecular weight excluding hydrogens is 755 g/mol. The molecule has 0 spiro atoms. The molecule has 1 aliphatic heterocycles. The molecule has 7 atom stereocenters. The van der Waals surface area contributed by atoms with Crippen LogP contribution in [0.2, 0.25) is 0 Å². The van der Waals surface area contributed by atoms with Crippen molar-refractivity contribution in [2.24, 2.45) is 0 Å². The first kappa shape index (κ1) is 56.7. The Hall–Kier alpha value is -1.33. The van der Waals surface area contributed by atoms with Gasteiger partial charge in [0.2, 0.25) is 5.91 Å². The van der Waals surface area contributed by atoms with E-state index in [4.69, 9.17) is 9.47 Å². The second-order valence-electron chi connectivity index (χ2n) is 18.0. The van der Waals surface area contributed by atoms with Crippen LogP contribution in [0.25, 0.3) is 0 Å². The van der Waals surface area contributed by atoms with Crippen LogP contribution in [-0.4, -0.2) is 87.5 Å². The topological polar surface area (TPSA) is 149 Å². The monoisotopic (exact) mass is 852 g/mol. The highest BCUT2D eigenvalue weighted by molar-refractivity contribution is 5.76. The predicted molar refractivity (Wildman–Crippen MR) is 249 cm³/mol. The summed E-state index contributed by atoms with van der Waals surface area (Å²) in [6.45, 7) is 3.74. The van der Waals surface area contributed by atoms with Gasteiger partial charge in [-0.2, -0.15) is 0 Å². The van der Waals surface area contributed by atoms with Crippen molar-refractivity contribution < 1.29 is 39.8 Å². The number of nitrogens with one attached hydrogen (secondary N) is 1. The van der Waals surface area contributed by atoms with Crippen molar-refractivity contribution in [3.8, 4) is 0 Å². The molecule has 0 aliphatic carbocycles. The van der Waals surface area contributed by atoms with E-state index in [1.807, 2.05) is 6.08 Å². The highest BCUT2D eigenvalue weighted by Crippen LogP contribution is 2.23. The normalized spacial score (nSPS) is 20.7. The molecule has 1 saturated heterocycles. The molecule has 60 heavy (non-hydrogen) atoms. The second-order valence-corrected chi connectivity index (χ2v) is 18.0. The Morgan fingerprint density at radius 1 is 0.550 bits per heavy atom. The van der Waals surface area contributed by atoms with E-state index < -0.39 is 49.5 Å². The average molecular weight is 852 g/mol. The number of ether oxygens (including phenoxy) is 2. The Bertz CT molecular complexity index is 992. The maximum atomic E-state index is 12.9. The van der Waals surface area contributed by atoms with Crippen molar-refractivity contribution in [2.75, 3.05) is 13.2 Å². The minimum atomic E-state index is -1.57. The van der Waals surface area contributed by atoms with Crippen molar-refractivity contribution >= 4 is 5.91 Å². The van der Waals surface area contributed by atoms with E-state index in [-0.39, 0.29) is 12.5 Å². The first-order valence-corrected chi connectivity index (χ1v) is 25.6. The summed E-state index contributed by atoms with van der Waals surface area (Å²) in [5, 5.41) is 54.2. The molecule has 1 heterocycles. The van der Waals surface area contributed by atoms with E-state index >= 15 is 0 Å². The van der Waals surface area contributed by atoms with Crippen molar-refractivity contribution in [3.05, 3.63) is 24.3 Å². The fraction of sp³-hybridized carbons (Fsp3) is 0.902. The summed E-state index contributed by atoms with van der Waals surface area (Å²) >= 11 is 0. The second kappa shape index (κ2) is 41.7. The molecule has 0 radical (unpaired) electrons. The summed E-state index contributed by atoms with van der Waals surface area (Å²) in [5.74, 6) is -0.186. The van der Waals surface area contributed by atoms with Crippen LogP contribution in [-0.2, 0) is 14.3 Å². The number of carbonyl (C=O) groups is 1. The number of amides is 1. The van der Waals surface area contributed by atoms with Gasteiger partial charge in [0.15, 0.2) is 6.29 Å². The summed E-state index contributed by atoms with van der Waals surface area (Å²) in [6.07, 6.45) is 43.9. The van der Waals surface area contributed by atoms with E-state index in [0.717, 1.165) is 64.2 Å². The maximum Gasteiger partial charge on any atom is 0.220 e. The SMILES string of the molecule is CCCC/C=C\CCCCCCCC(=O)NC(COC1OC(CO)C(O)C(O)C1O)C(O)/C=C/CCCCCCCCCCCCCCCCCCCCCCCCCC. The lowest BCUT2D eigenvalue weighted by atomic mass is 9.99. The molecule has 1 aliphatic rings. The summed E-state index contributed by atoms with van der Waals surface area (Å²) in [7, 11) is 0. The van der Waals surface area contributed by atoms with Crippen LogP contribution in [0.15, 0.2) is 24.3 Å². The zero-order valence-electron chi connectivity index (χ0n) is 39.0. The van der Waals surface area contributed by atoms with Crippen LogP contribution >= 0.6 is 0 Å². The molecule has 0 aromatic rings. The summed E-state index contributed by atoms with van der Waals surface area (Å²) in [4.78, 5) is 12.9. The van der Waals surface area contributed by atoms with Gasteiger partial charge < -0.3 is 40.3 Å². The third kappa shape index (κ3) is 31.5. The zero-order valence-corrected chi connectivity index (χ0v) is 39.0. The van der Waals surface area contributed by atoms with Crippen LogP contribution in [0.3, 0.4) is 0 Å². The Kier molecular flexibility index (Phi) is 39.4. The predicted octanol–water partition coefficient (Wildman–Crippen LogP) is 11.5. The molecule has 0 aromatic carbocycles. The van der Waals surface area contributed by atoms with Crippen molar-refractivity contribution in [1.82, 2.24) is 5.32 Å². The molecule has 6 N–H and O–H groups in total. The van der Waals surface area contributed by atoms with Gasteiger partial charge in [0.1, 0.15) is 24.4 Å². The largest absolute Gasteiger partial charge is 0.394 e. The Morgan fingerprint density at radius 3 is 1.40 bits per heavy atom. The van der Waals surface area contributed by atoms with Crippen LogP contribution in [0.4, 0.5) is 0 Å². The molecule has 9 heteroatoms. The smallest absolute Gasteiger partial charge is 0.220 e. The van der Waals surface area contributed by atoms with Gasteiger partial charge in [0.05, 0.1) is 25.4 Å². The third-order valence-electron chi connectivity index (χ3n) is 12.3. The number of unbranched alkanes of at least 4 members (excludes halogenated alkanes) is 31. The maximum absolute atomic E-state index is 12.9. The van der Waals surface area contributed by atoms with Gasteiger partial charge in [-0.25, -0.2) is 0 Å². The number of carbonyl (C=O) groups excluding carboxylic acids is 1. The minimum absolute atomic E-state index is 0.186. The molecule has 1 fully saturated rings. The number of aliphatic hydroxyl groups is 5. The Labute approximate surface area is 369 Å². The van der Waals surface area contributed by atoms with E-state index in [1.54, 1.807) is 6.08 Å². The molecule has 1 rings (SSSR count). The van der Waals surface area contributed by atoms with Crippen LogP contribution < -0.4 is 5.32 Å². The Morgan fingerprint density at radius 2 is 0.950 bits per heavy atom. The van der Waals surface area contributed by atoms with Crippen molar-refractivity contribution in [3.63, 3.8) is 0 Å². The standard InChI is InChI=1S/C51H97NO8/c1-3-5-7-9-11-13-15-16-17-18-19-20-21-22-23-24-25-26-27-28-29-31-32-34-36-38-40-45(54)44(43-59-51-50(58)49(57)48(56)46(42-53)60-51)52-47(55)41-39-37-35-33-30-14-12-10-8-6-4-2/h10,12,38,40,44-46,48-51,53-54,56-58H,3-9,11,13-37,39,41-43H2,1-2H3,(H,52,55)/b12-10-,40-38+. The first-order valence-electron chi connectivity index (χ1n) is 25.6. The number of allylic oxidation sites excluding steroid dienone is 3. The van der Waals surface area contributed by atoms with E-state index in [2.05, 4.69) is 31.3 Å². The fourth-order valence-corrected chi connectivity index (χ4v) is 8.14. The lowest BCUT2D eigenvalue weighted by Gasteiger charge is -2.40. The van der Waals surface area contributed by atoms with Gasteiger partial charge >= 0.3 is 0 Å².